The molecule has 2 fully saturated rings. The Morgan fingerprint density at radius 1 is 1.24 bits per heavy atom. The van der Waals surface area contributed by atoms with Crippen molar-refractivity contribution >= 4 is 12.1 Å². The molecule has 2 aromatic rings. The van der Waals surface area contributed by atoms with Gasteiger partial charge in [0.05, 0.1) is 12.6 Å². The molecule has 12 heteroatoms. The van der Waals surface area contributed by atoms with Gasteiger partial charge in [-0.25, -0.2) is 9.59 Å². The minimum absolute atomic E-state index is 0.0495. The summed E-state index contributed by atoms with van der Waals surface area (Å²) >= 11 is 0. The van der Waals surface area contributed by atoms with E-state index >= 15 is 0 Å². The number of carbonyl (C=O) groups is 2. The van der Waals surface area contributed by atoms with Gasteiger partial charge in [-0.2, -0.15) is 0 Å². The Labute approximate surface area is 187 Å². The first-order valence-corrected chi connectivity index (χ1v) is 10.6. The van der Waals surface area contributed by atoms with Gasteiger partial charge in [-0.1, -0.05) is 17.3 Å². The highest BCUT2D eigenvalue weighted by atomic mass is 19.4. The number of halogens is 3. The van der Waals surface area contributed by atoms with Gasteiger partial charge in [0.15, 0.2) is 5.76 Å². The quantitative estimate of drug-likeness (QED) is 0.676. The molecule has 1 saturated heterocycles. The molecule has 1 aliphatic carbocycles. The Kier molecular flexibility index (Phi) is 6.34. The lowest BCUT2D eigenvalue weighted by atomic mass is 10.0. The summed E-state index contributed by atoms with van der Waals surface area (Å²) < 4.78 is 46.4. The molecule has 0 radical (unpaired) electrons. The number of alkyl halides is 3. The Balaban J connectivity index is 1.33. The van der Waals surface area contributed by atoms with Gasteiger partial charge in [0.2, 0.25) is 0 Å². The number of nitrogens with zero attached hydrogens (tertiary/aromatic N) is 3. The number of amides is 4. The first-order valence-electron chi connectivity index (χ1n) is 10.6. The lowest BCUT2D eigenvalue weighted by molar-refractivity contribution is -0.274. The fourth-order valence-electron chi connectivity index (χ4n) is 4.04. The zero-order chi connectivity index (χ0) is 23.6. The Bertz CT molecular complexity index is 1010. The van der Waals surface area contributed by atoms with Crippen LogP contribution >= 0.6 is 0 Å². The van der Waals surface area contributed by atoms with Crippen LogP contribution in [0.5, 0.6) is 5.75 Å². The van der Waals surface area contributed by atoms with Gasteiger partial charge >= 0.3 is 18.4 Å². The SMILES string of the molecule is NC(=O)N(C1CC1)[C@@H]1CCCN(C(=O)NCc2cc(-c3cccc(OC(F)(F)F)c3)no2)C1. The number of primary amides is 1. The molecule has 1 aromatic carbocycles. The largest absolute Gasteiger partial charge is 0.573 e. The molecule has 1 aliphatic heterocycles. The van der Waals surface area contributed by atoms with Crippen molar-refractivity contribution in [1.82, 2.24) is 20.3 Å². The van der Waals surface area contributed by atoms with E-state index in [4.69, 9.17) is 10.3 Å². The summed E-state index contributed by atoms with van der Waals surface area (Å²) in [5.74, 6) is -0.0282. The fraction of sp³-hybridized carbons (Fsp3) is 0.476. The third kappa shape index (κ3) is 5.88. The van der Waals surface area contributed by atoms with Gasteiger partial charge < -0.3 is 30.1 Å². The van der Waals surface area contributed by atoms with E-state index in [9.17, 15) is 22.8 Å². The second-order valence-corrected chi connectivity index (χ2v) is 8.13. The second kappa shape index (κ2) is 9.20. The first-order chi connectivity index (χ1) is 15.7. The summed E-state index contributed by atoms with van der Waals surface area (Å²) in [6.45, 7) is 1.01. The van der Waals surface area contributed by atoms with E-state index in [1.54, 1.807) is 15.9 Å². The number of nitrogens with one attached hydrogen (secondary N) is 1. The topological polar surface area (TPSA) is 114 Å². The summed E-state index contributed by atoms with van der Waals surface area (Å²) in [6, 6.07) is 6.22. The number of aromatic nitrogens is 1. The molecule has 0 spiro atoms. The van der Waals surface area contributed by atoms with Crippen molar-refractivity contribution in [2.24, 2.45) is 5.73 Å². The normalized spacial score (nSPS) is 18.6. The van der Waals surface area contributed by atoms with Crippen molar-refractivity contribution in [3.05, 3.63) is 36.1 Å². The standard InChI is InChI=1S/C21H24F3N5O4/c22-21(23,24)32-16-5-1-3-13(9-16)18-10-17(33-27-18)11-26-20(31)28-8-2-4-15(12-28)29(19(25)30)14-6-7-14/h1,3,5,9-10,14-15H,2,4,6-8,11-12H2,(H2,25,30)(H,26,31)/t15-/m1/s1. The van der Waals surface area contributed by atoms with Crippen molar-refractivity contribution < 1.29 is 32.0 Å². The van der Waals surface area contributed by atoms with Crippen molar-refractivity contribution in [1.29, 1.82) is 0 Å². The predicted octanol–water partition coefficient (Wildman–Crippen LogP) is 3.46. The number of hydrogen-bond acceptors (Lipinski definition) is 5. The zero-order valence-corrected chi connectivity index (χ0v) is 17.7. The van der Waals surface area contributed by atoms with Gasteiger partial charge in [-0.05, 0) is 37.8 Å². The van der Waals surface area contributed by atoms with Crippen LogP contribution in [0.4, 0.5) is 22.8 Å². The highest BCUT2D eigenvalue weighted by Crippen LogP contribution is 2.31. The monoisotopic (exact) mass is 467 g/mol. The lowest BCUT2D eigenvalue weighted by Gasteiger charge is -2.38. The molecule has 3 N–H and O–H groups in total. The number of hydrogen-bond donors (Lipinski definition) is 2. The summed E-state index contributed by atoms with van der Waals surface area (Å²) in [4.78, 5) is 27.8. The molecule has 2 heterocycles. The van der Waals surface area contributed by atoms with Crippen molar-refractivity contribution in [3.8, 4) is 17.0 Å². The maximum atomic E-state index is 12.6. The number of rotatable bonds is 6. The van der Waals surface area contributed by atoms with Gasteiger partial charge in [0, 0.05) is 30.8 Å². The van der Waals surface area contributed by atoms with Crippen molar-refractivity contribution in [2.75, 3.05) is 13.1 Å². The maximum Gasteiger partial charge on any atom is 0.573 e. The zero-order valence-electron chi connectivity index (χ0n) is 17.7. The van der Waals surface area contributed by atoms with Crippen LogP contribution in [0.2, 0.25) is 0 Å². The van der Waals surface area contributed by atoms with Crippen LogP contribution in [0.3, 0.4) is 0 Å². The Morgan fingerprint density at radius 2 is 2.03 bits per heavy atom. The summed E-state index contributed by atoms with van der Waals surface area (Å²) in [6.07, 6.45) is -1.36. The summed E-state index contributed by atoms with van der Waals surface area (Å²) in [5.41, 5.74) is 6.23. The van der Waals surface area contributed by atoms with Crippen molar-refractivity contribution in [3.63, 3.8) is 0 Å². The fourth-order valence-corrected chi connectivity index (χ4v) is 4.04. The number of carbonyl (C=O) groups excluding carboxylic acids is 2. The number of piperidine rings is 1. The molecule has 1 atom stereocenters. The van der Waals surface area contributed by atoms with E-state index in [1.807, 2.05) is 0 Å². The molecule has 4 rings (SSSR count). The highest BCUT2D eigenvalue weighted by molar-refractivity contribution is 5.75. The van der Waals surface area contributed by atoms with Crippen LogP contribution in [0.1, 0.15) is 31.4 Å². The van der Waals surface area contributed by atoms with Crippen LogP contribution < -0.4 is 15.8 Å². The third-order valence-electron chi connectivity index (χ3n) is 5.61. The number of benzene rings is 1. The number of ether oxygens (including phenoxy) is 1. The second-order valence-electron chi connectivity index (χ2n) is 8.13. The van der Waals surface area contributed by atoms with Gasteiger partial charge in [0.1, 0.15) is 11.4 Å². The van der Waals surface area contributed by atoms with Crippen LogP contribution in [-0.4, -0.2) is 58.6 Å². The molecular weight excluding hydrogens is 443 g/mol. The molecule has 2 aliphatic rings. The summed E-state index contributed by atoms with van der Waals surface area (Å²) in [7, 11) is 0. The van der Waals surface area contributed by atoms with E-state index in [0.717, 1.165) is 25.7 Å². The van der Waals surface area contributed by atoms with Gasteiger partial charge in [0.25, 0.3) is 0 Å². The van der Waals surface area contributed by atoms with Crippen LogP contribution in [0.15, 0.2) is 34.9 Å². The number of urea groups is 2. The number of nitrogens with two attached hydrogens (primary N) is 1. The average Bonchev–Trinajstić information content (AvgIpc) is 3.46. The predicted molar refractivity (Wildman–Crippen MR) is 110 cm³/mol. The minimum Gasteiger partial charge on any atom is -0.406 e. The summed E-state index contributed by atoms with van der Waals surface area (Å²) in [5, 5.41) is 6.62. The molecule has 0 bridgehead atoms. The molecule has 9 nitrogen and oxygen atoms in total. The van der Waals surface area contributed by atoms with Crippen LogP contribution in [0.25, 0.3) is 11.3 Å². The smallest absolute Gasteiger partial charge is 0.406 e. The molecule has 4 amide bonds. The maximum absolute atomic E-state index is 12.6. The molecular formula is C21H24F3N5O4. The van der Waals surface area contributed by atoms with Gasteiger partial charge in [-0.15, -0.1) is 13.2 Å². The highest BCUT2D eigenvalue weighted by Gasteiger charge is 2.38. The Hall–Kier alpha value is -3.44. The lowest BCUT2D eigenvalue weighted by Crippen LogP contribution is -2.55. The van der Waals surface area contributed by atoms with Crippen molar-refractivity contribution in [2.45, 2.75) is 50.7 Å². The average molecular weight is 467 g/mol. The number of likely N-dealkylation sites (tertiary alicyclic amines) is 1. The van der Waals surface area contributed by atoms with Gasteiger partial charge in [-0.3, -0.25) is 0 Å². The molecule has 0 unspecified atom stereocenters. The van der Waals surface area contributed by atoms with E-state index in [2.05, 4.69) is 15.2 Å². The Morgan fingerprint density at radius 3 is 2.73 bits per heavy atom. The molecule has 178 valence electrons. The third-order valence-corrected chi connectivity index (χ3v) is 5.61. The minimum atomic E-state index is -4.79. The first kappa shape index (κ1) is 22.7. The molecule has 1 saturated carbocycles. The molecule has 1 aromatic heterocycles. The van der Waals surface area contributed by atoms with Crippen LogP contribution in [-0.2, 0) is 6.54 Å². The van der Waals surface area contributed by atoms with E-state index in [-0.39, 0.29) is 30.4 Å². The van der Waals surface area contributed by atoms with E-state index < -0.39 is 12.4 Å². The van der Waals surface area contributed by atoms with E-state index in [0.29, 0.717) is 30.1 Å². The van der Waals surface area contributed by atoms with Crippen LogP contribution in [0, 0.1) is 0 Å². The molecule has 33 heavy (non-hydrogen) atoms. The van der Waals surface area contributed by atoms with E-state index in [1.165, 1.54) is 24.3 Å².